The Hall–Kier alpha value is -2.35. The van der Waals surface area contributed by atoms with E-state index < -0.39 is 10.0 Å². The maximum Gasteiger partial charge on any atom is 0.271 e. The molecule has 0 atom stereocenters. The van der Waals surface area contributed by atoms with Crippen molar-refractivity contribution in [2.45, 2.75) is 10.8 Å². The highest BCUT2D eigenvalue weighted by Gasteiger charge is 2.16. The molecule has 0 spiro atoms. The molecule has 1 amide bonds. The number of nitrogens with zero attached hydrogens (tertiary/aromatic N) is 1. The van der Waals surface area contributed by atoms with Crippen molar-refractivity contribution in [1.29, 1.82) is 0 Å². The lowest BCUT2D eigenvalue weighted by Crippen LogP contribution is -2.26. The van der Waals surface area contributed by atoms with Gasteiger partial charge in [0.05, 0.1) is 0 Å². The molecule has 27 heavy (non-hydrogen) atoms. The van der Waals surface area contributed by atoms with Gasteiger partial charge in [0, 0.05) is 29.9 Å². The highest BCUT2D eigenvalue weighted by atomic mass is 35.5. The van der Waals surface area contributed by atoms with Crippen LogP contribution in [0.1, 0.15) is 15.9 Å². The van der Waals surface area contributed by atoms with Crippen LogP contribution in [0.3, 0.4) is 0 Å². The van der Waals surface area contributed by atoms with E-state index in [1.807, 2.05) is 18.2 Å². The predicted octanol–water partition coefficient (Wildman–Crippen LogP) is 4.47. The number of amides is 1. The first-order valence-electron chi connectivity index (χ1n) is 8.02. The van der Waals surface area contributed by atoms with Crippen LogP contribution in [0.15, 0.2) is 70.3 Å². The molecule has 1 N–H and O–H groups in total. The minimum atomic E-state index is -3.61. The van der Waals surface area contributed by atoms with Crippen LogP contribution in [-0.4, -0.2) is 26.3 Å². The molecule has 0 unspecified atom stereocenters. The number of nitrogens with one attached hydrogen (secondary N) is 1. The smallest absolute Gasteiger partial charge is 0.271 e. The van der Waals surface area contributed by atoms with Crippen LogP contribution in [0.5, 0.6) is 0 Å². The fraction of sp³-hybridized carbons (Fsp3) is 0.105. The molecule has 0 bridgehead atoms. The average Bonchev–Trinajstić information content (AvgIpc) is 3.19. The van der Waals surface area contributed by atoms with Crippen molar-refractivity contribution < 1.29 is 13.2 Å². The Morgan fingerprint density at radius 2 is 1.78 bits per heavy atom. The Labute approximate surface area is 167 Å². The van der Waals surface area contributed by atoms with Crippen molar-refractivity contribution in [3.05, 3.63) is 82.2 Å². The van der Waals surface area contributed by atoms with E-state index in [9.17, 15) is 13.2 Å². The number of halogens is 1. The third-order valence-corrected chi connectivity index (χ3v) is 7.00. The summed E-state index contributed by atoms with van der Waals surface area (Å²) in [6, 6.07) is 16.9. The molecule has 8 heteroatoms. The van der Waals surface area contributed by atoms with Gasteiger partial charge in [-0.25, -0.2) is 8.42 Å². The number of anilines is 1. The molecule has 3 aromatic rings. The van der Waals surface area contributed by atoms with Crippen LogP contribution in [0.25, 0.3) is 0 Å². The molecule has 0 saturated carbocycles. The second-order valence-electron chi connectivity index (χ2n) is 5.87. The molecule has 0 aliphatic rings. The van der Waals surface area contributed by atoms with Crippen LogP contribution < -0.4 is 4.72 Å². The fourth-order valence-corrected chi connectivity index (χ4v) is 4.72. The molecular weight excluding hydrogens is 404 g/mol. The van der Waals surface area contributed by atoms with E-state index in [2.05, 4.69) is 4.72 Å². The lowest BCUT2D eigenvalue weighted by molar-refractivity contribution is 0.0785. The van der Waals surface area contributed by atoms with Crippen LogP contribution in [0.2, 0.25) is 5.02 Å². The molecule has 2 aromatic carbocycles. The van der Waals surface area contributed by atoms with E-state index >= 15 is 0 Å². The first kappa shape index (κ1) is 19.4. The monoisotopic (exact) mass is 420 g/mol. The van der Waals surface area contributed by atoms with E-state index in [1.54, 1.807) is 53.7 Å². The van der Waals surface area contributed by atoms with E-state index in [1.165, 1.54) is 6.07 Å². The Balaban J connectivity index is 1.69. The van der Waals surface area contributed by atoms with Crippen molar-refractivity contribution in [1.82, 2.24) is 4.90 Å². The molecule has 140 valence electrons. The fourth-order valence-electron chi connectivity index (χ4n) is 2.48. The van der Waals surface area contributed by atoms with E-state index in [4.69, 9.17) is 11.6 Å². The largest absolute Gasteiger partial charge is 0.337 e. The third kappa shape index (κ3) is 4.68. The van der Waals surface area contributed by atoms with Gasteiger partial charge in [-0.15, -0.1) is 11.3 Å². The van der Waals surface area contributed by atoms with E-state index in [0.717, 1.165) is 16.9 Å². The molecule has 1 aromatic heterocycles. The van der Waals surface area contributed by atoms with Gasteiger partial charge in [0.1, 0.15) is 4.21 Å². The number of carbonyl (C=O) groups is 1. The first-order chi connectivity index (χ1) is 12.9. The van der Waals surface area contributed by atoms with Gasteiger partial charge in [-0.2, -0.15) is 0 Å². The molecule has 0 aliphatic heterocycles. The summed E-state index contributed by atoms with van der Waals surface area (Å²) in [6.07, 6.45) is 0. The van der Waals surface area contributed by atoms with Crippen molar-refractivity contribution in [3.63, 3.8) is 0 Å². The maximum atomic E-state index is 12.6. The summed E-state index contributed by atoms with van der Waals surface area (Å²) in [5, 5.41) is 2.31. The molecule has 1 heterocycles. The minimum absolute atomic E-state index is 0.178. The van der Waals surface area contributed by atoms with E-state index in [0.29, 0.717) is 22.8 Å². The second-order valence-corrected chi connectivity index (χ2v) is 9.13. The number of benzene rings is 2. The Morgan fingerprint density at radius 3 is 2.41 bits per heavy atom. The third-order valence-electron chi connectivity index (χ3n) is 3.86. The van der Waals surface area contributed by atoms with Gasteiger partial charge in [0.25, 0.3) is 15.9 Å². The van der Waals surface area contributed by atoms with E-state index in [-0.39, 0.29) is 10.1 Å². The zero-order chi connectivity index (χ0) is 19.4. The topological polar surface area (TPSA) is 66.5 Å². The summed E-state index contributed by atoms with van der Waals surface area (Å²) in [5.41, 5.74) is 1.72. The summed E-state index contributed by atoms with van der Waals surface area (Å²) in [5.74, 6) is -0.178. The molecule has 5 nitrogen and oxygen atoms in total. The number of hydrogen-bond acceptors (Lipinski definition) is 4. The van der Waals surface area contributed by atoms with Crippen molar-refractivity contribution in [2.75, 3.05) is 11.8 Å². The lowest BCUT2D eigenvalue weighted by atomic mass is 10.1. The molecule has 3 rings (SSSR count). The highest BCUT2D eigenvalue weighted by molar-refractivity contribution is 7.94. The maximum absolute atomic E-state index is 12.6. The molecule has 0 saturated heterocycles. The number of carbonyl (C=O) groups excluding carboxylic acids is 1. The Kier molecular flexibility index (Phi) is 5.84. The average molecular weight is 421 g/mol. The molecule has 0 fully saturated rings. The quantitative estimate of drug-likeness (QED) is 0.639. The number of rotatable bonds is 6. The van der Waals surface area contributed by atoms with Crippen LogP contribution in [-0.2, 0) is 16.6 Å². The SMILES string of the molecule is CN(Cc1ccccc1Cl)C(=O)c1ccc(NS(=O)(=O)c2cccs2)cc1. The Bertz CT molecular complexity index is 1030. The standard InChI is InChI=1S/C19H17ClN2O3S2/c1-22(13-15-5-2-3-6-17(15)20)19(23)14-8-10-16(11-9-14)21-27(24,25)18-7-4-12-26-18/h2-12,21H,13H2,1H3. The summed E-state index contributed by atoms with van der Waals surface area (Å²) in [7, 11) is -1.91. The minimum Gasteiger partial charge on any atom is -0.337 e. The number of hydrogen-bond donors (Lipinski definition) is 1. The summed E-state index contributed by atoms with van der Waals surface area (Å²) in [4.78, 5) is 14.2. The van der Waals surface area contributed by atoms with Crippen LogP contribution in [0, 0.1) is 0 Å². The summed E-state index contributed by atoms with van der Waals surface area (Å²) < 4.78 is 27.2. The van der Waals surface area contributed by atoms with Crippen LogP contribution in [0.4, 0.5) is 5.69 Å². The van der Waals surface area contributed by atoms with Gasteiger partial charge in [0.2, 0.25) is 0 Å². The summed E-state index contributed by atoms with van der Waals surface area (Å²) >= 11 is 7.28. The van der Waals surface area contributed by atoms with Gasteiger partial charge in [0.15, 0.2) is 0 Å². The number of sulfonamides is 1. The van der Waals surface area contributed by atoms with Gasteiger partial charge < -0.3 is 4.90 Å². The highest BCUT2D eigenvalue weighted by Crippen LogP contribution is 2.21. The van der Waals surface area contributed by atoms with Crippen LogP contribution >= 0.6 is 22.9 Å². The summed E-state index contributed by atoms with van der Waals surface area (Å²) in [6.45, 7) is 0.380. The molecular formula is C19H17ClN2O3S2. The van der Waals surface area contributed by atoms with Crippen molar-refractivity contribution in [3.8, 4) is 0 Å². The van der Waals surface area contributed by atoms with Crippen molar-refractivity contribution in [2.24, 2.45) is 0 Å². The zero-order valence-corrected chi connectivity index (χ0v) is 16.8. The normalized spacial score (nSPS) is 11.2. The van der Waals surface area contributed by atoms with Gasteiger partial charge in [-0.3, -0.25) is 9.52 Å². The van der Waals surface area contributed by atoms with Gasteiger partial charge in [-0.05, 0) is 47.3 Å². The number of thiophene rings is 1. The Morgan fingerprint density at radius 1 is 1.07 bits per heavy atom. The molecule has 0 aliphatic carbocycles. The lowest BCUT2D eigenvalue weighted by Gasteiger charge is -2.18. The molecule has 0 radical (unpaired) electrons. The zero-order valence-electron chi connectivity index (χ0n) is 14.4. The van der Waals surface area contributed by atoms with Gasteiger partial charge in [-0.1, -0.05) is 35.9 Å². The first-order valence-corrected chi connectivity index (χ1v) is 10.8. The van der Waals surface area contributed by atoms with Crippen molar-refractivity contribution >= 4 is 44.6 Å². The second kappa shape index (κ2) is 8.12. The van der Waals surface area contributed by atoms with Gasteiger partial charge >= 0.3 is 0 Å². The predicted molar refractivity (Wildman–Crippen MR) is 109 cm³/mol.